The third-order valence-electron chi connectivity index (χ3n) is 5.59. The van der Waals surface area contributed by atoms with Crippen molar-refractivity contribution in [2.45, 2.75) is 24.8 Å². The minimum atomic E-state index is -0.857. The quantitative estimate of drug-likeness (QED) is 0.584. The standard InChI is InChI=1S/C25H23FN4O3/c1-30(22-9-5-6-12-27-22)25(33)21(13-16-7-3-2-4-8-16)28-23(31)15-19-18-11-10-17(26)14-20(18)29-24(19)32/h2-12,14,19,21H,13,15H2,1H3,(H,28,31)(H,29,32)/t19?,21-/m0/s1. The molecule has 0 saturated heterocycles. The Morgan fingerprint density at radius 1 is 1.12 bits per heavy atom. The number of pyridine rings is 1. The van der Waals surface area contributed by atoms with Gasteiger partial charge in [0.1, 0.15) is 17.7 Å². The molecule has 3 amide bonds. The Kier molecular flexibility index (Phi) is 6.44. The largest absolute Gasteiger partial charge is 0.344 e. The highest BCUT2D eigenvalue weighted by atomic mass is 19.1. The molecule has 0 saturated carbocycles. The Bertz CT molecular complexity index is 1170. The maximum absolute atomic E-state index is 13.5. The van der Waals surface area contributed by atoms with Gasteiger partial charge in [0, 0.05) is 31.8 Å². The van der Waals surface area contributed by atoms with E-state index in [1.165, 1.54) is 23.1 Å². The van der Waals surface area contributed by atoms with Crippen molar-refractivity contribution >= 4 is 29.2 Å². The molecule has 0 radical (unpaired) electrons. The van der Waals surface area contributed by atoms with E-state index in [0.717, 1.165) is 5.56 Å². The molecule has 168 valence electrons. The average molecular weight is 446 g/mol. The number of benzene rings is 2. The van der Waals surface area contributed by atoms with Crippen LogP contribution in [0.5, 0.6) is 0 Å². The lowest BCUT2D eigenvalue weighted by Crippen LogP contribution is -2.49. The molecule has 0 fully saturated rings. The SMILES string of the molecule is CN(C(=O)[C@H](Cc1ccccc1)NC(=O)CC1C(=O)Nc2cc(F)ccc21)c1ccccn1. The van der Waals surface area contributed by atoms with Crippen molar-refractivity contribution in [3.8, 4) is 0 Å². The zero-order valence-electron chi connectivity index (χ0n) is 18.0. The van der Waals surface area contributed by atoms with Crippen LogP contribution in [-0.2, 0) is 20.8 Å². The minimum Gasteiger partial charge on any atom is -0.344 e. The van der Waals surface area contributed by atoms with Crippen LogP contribution < -0.4 is 15.5 Å². The molecule has 3 aromatic rings. The van der Waals surface area contributed by atoms with Crippen LogP contribution >= 0.6 is 0 Å². The molecular weight excluding hydrogens is 423 g/mol. The summed E-state index contributed by atoms with van der Waals surface area (Å²) in [6.07, 6.45) is 1.71. The summed E-state index contributed by atoms with van der Waals surface area (Å²) in [7, 11) is 1.60. The molecule has 4 rings (SSSR count). The highest BCUT2D eigenvalue weighted by Gasteiger charge is 2.34. The topological polar surface area (TPSA) is 91.4 Å². The second kappa shape index (κ2) is 9.60. The maximum Gasteiger partial charge on any atom is 0.250 e. The zero-order chi connectivity index (χ0) is 23.4. The molecule has 1 aromatic heterocycles. The number of likely N-dealkylation sites (N-methyl/N-ethyl adjacent to an activating group) is 1. The molecule has 7 nitrogen and oxygen atoms in total. The first-order valence-electron chi connectivity index (χ1n) is 10.5. The normalized spacial score (nSPS) is 15.3. The first-order chi connectivity index (χ1) is 15.9. The Morgan fingerprint density at radius 2 is 1.88 bits per heavy atom. The van der Waals surface area contributed by atoms with Crippen molar-refractivity contribution in [3.63, 3.8) is 0 Å². The van der Waals surface area contributed by atoms with Crippen molar-refractivity contribution < 1.29 is 18.8 Å². The lowest BCUT2D eigenvalue weighted by molar-refractivity contribution is -0.128. The van der Waals surface area contributed by atoms with Crippen LogP contribution in [0.1, 0.15) is 23.5 Å². The van der Waals surface area contributed by atoms with Crippen molar-refractivity contribution in [2.75, 3.05) is 17.3 Å². The Morgan fingerprint density at radius 3 is 2.61 bits per heavy atom. The van der Waals surface area contributed by atoms with Crippen LogP contribution in [0.2, 0.25) is 0 Å². The lowest BCUT2D eigenvalue weighted by atomic mass is 9.96. The summed E-state index contributed by atoms with van der Waals surface area (Å²) in [6.45, 7) is 0. The van der Waals surface area contributed by atoms with E-state index in [1.54, 1.807) is 31.4 Å². The van der Waals surface area contributed by atoms with Gasteiger partial charge in [0.2, 0.25) is 11.8 Å². The van der Waals surface area contributed by atoms with Crippen LogP contribution in [0.4, 0.5) is 15.9 Å². The summed E-state index contributed by atoms with van der Waals surface area (Å²) in [5.41, 5.74) is 1.81. The van der Waals surface area contributed by atoms with Gasteiger partial charge >= 0.3 is 0 Å². The fourth-order valence-electron chi connectivity index (χ4n) is 3.89. The van der Waals surface area contributed by atoms with Crippen molar-refractivity contribution in [3.05, 3.63) is 89.9 Å². The maximum atomic E-state index is 13.5. The fourth-order valence-corrected chi connectivity index (χ4v) is 3.89. The van der Waals surface area contributed by atoms with E-state index in [9.17, 15) is 18.8 Å². The summed E-state index contributed by atoms with van der Waals surface area (Å²) < 4.78 is 13.5. The summed E-state index contributed by atoms with van der Waals surface area (Å²) in [5.74, 6) is -1.91. The first kappa shape index (κ1) is 22.1. The van der Waals surface area contributed by atoms with E-state index in [-0.39, 0.29) is 24.7 Å². The van der Waals surface area contributed by atoms with Crippen LogP contribution in [0.3, 0.4) is 0 Å². The number of carbonyl (C=O) groups is 3. The Labute approximate surface area is 190 Å². The molecule has 0 spiro atoms. The highest BCUT2D eigenvalue weighted by molar-refractivity contribution is 6.05. The summed E-state index contributed by atoms with van der Waals surface area (Å²) in [6, 6.07) is 17.7. The van der Waals surface area contributed by atoms with Crippen molar-refractivity contribution in [1.82, 2.24) is 10.3 Å². The summed E-state index contributed by atoms with van der Waals surface area (Å²) in [5, 5.41) is 5.40. The molecule has 2 N–H and O–H groups in total. The van der Waals surface area contributed by atoms with Gasteiger partial charge < -0.3 is 10.6 Å². The number of nitrogens with one attached hydrogen (secondary N) is 2. The van der Waals surface area contributed by atoms with Crippen LogP contribution in [-0.4, -0.2) is 35.8 Å². The minimum absolute atomic E-state index is 0.156. The predicted molar refractivity (Wildman–Crippen MR) is 122 cm³/mol. The number of aromatic nitrogens is 1. The number of rotatable bonds is 7. The van der Waals surface area contributed by atoms with Crippen molar-refractivity contribution in [1.29, 1.82) is 0 Å². The smallest absolute Gasteiger partial charge is 0.250 e. The van der Waals surface area contributed by atoms with Crippen molar-refractivity contribution in [2.24, 2.45) is 0 Å². The number of anilines is 2. The second-order valence-corrected chi connectivity index (χ2v) is 7.87. The van der Waals surface area contributed by atoms with Crippen LogP contribution in [0.25, 0.3) is 0 Å². The molecule has 2 atom stereocenters. The Hall–Kier alpha value is -4.07. The van der Waals surface area contributed by atoms with Gasteiger partial charge in [0.15, 0.2) is 0 Å². The van der Waals surface area contributed by atoms with Gasteiger partial charge in [-0.25, -0.2) is 9.37 Å². The number of carbonyl (C=O) groups excluding carboxylic acids is 3. The monoisotopic (exact) mass is 446 g/mol. The van der Waals surface area contributed by atoms with Gasteiger partial charge in [-0.2, -0.15) is 0 Å². The van der Waals surface area contributed by atoms with Crippen LogP contribution in [0.15, 0.2) is 72.9 Å². The first-order valence-corrected chi connectivity index (χ1v) is 10.5. The second-order valence-electron chi connectivity index (χ2n) is 7.87. The lowest BCUT2D eigenvalue weighted by Gasteiger charge is -2.24. The fraction of sp³-hybridized carbons (Fsp3) is 0.200. The average Bonchev–Trinajstić information content (AvgIpc) is 3.12. The number of fused-ring (bicyclic) bond motifs is 1. The number of hydrogen-bond acceptors (Lipinski definition) is 4. The third-order valence-corrected chi connectivity index (χ3v) is 5.59. The molecule has 0 aliphatic carbocycles. The van der Waals surface area contributed by atoms with E-state index in [1.807, 2.05) is 30.3 Å². The Balaban J connectivity index is 1.52. The molecule has 2 aromatic carbocycles. The molecule has 1 aliphatic rings. The molecule has 1 unspecified atom stereocenters. The predicted octanol–water partition coefficient (Wildman–Crippen LogP) is 3.04. The molecule has 8 heteroatoms. The number of nitrogens with zero attached hydrogens (tertiary/aromatic N) is 2. The number of halogens is 1. The molecule has 1 aliphatic heterocycles. The zero-order valence-corrected chi connectivity index (χ0v) is 18.0. The van der Waals surface area contributed by atoms with E-state index < -0.39 is 23.7 Å². The van der Waals surface area contributed by atoms with Gasteiger partial charge in [-0.05, 0) is 35.4 Å². The number of amides is 3. The molecule has 2 heterocycles. The molecule has 0 bridgehead atoms. The molecular formula is C25H23FN4O3. The summed E-state index contributed by atoms with van der Waals surface area (Å²) >= 11 is 0. The van der Waals surface area contributed by atoms with Gasteiger partial charge in [0.05, 0.1) is 5.92 Å². The number of hydrogen-bond donors (Lipinski definition) is 2. The molecule has 33 heavy (non-hydrogen) atoms. The van der Waals surface area contributed by atoms with Gasteiger partial charge in [-0.3, -0.25) is 19.3 Å². The van der Waals surface area contributed by atoms with Gasteiger partial charge in [0.25, 0.3) is 5.91 Å². The van der Waals surface area contributed by atoms with Crippen LogP contribution in [0, 0.1) is 5.82 Å². The summed E-state index contributed by atoms with van der Waals surface area (Å²) in [4.78, 5) is 44.2. The third kappa shape index (κ3) is 5.06. The van der Waals surface area contributed by atoms with E-state index >= 15 is 0 Å². The van der Waals surface area contributed by atoms with Gasteiger partial charge in [-0.1, -0.05) is 42.5 Å². The van der Waals surface area contributed by atoms with E-state index in [0.29, 0.717) is 17.1 Å². The van der Waals surface area contributed by atoms with Gasteiger partial charge in [-0.15, -0.1) is 0 Å². The van der Waals surface area contributed by atoms with E-state index in [4.69, 9.17) is 0 Å². The van der Waals surface area contributed by atoms with E-state index in [2.05, 4.69) is 15.6 Å². The highest BCUT2D eigenvalue weighted by Crippen LogP contribution is 2.35.